The number of rotatable bonds is 5. The number of carboxylic acid groups (broad SMARTS) is 1. The first-order valence-corrected chi connectivity index (χ1v) is 10.0. The van der Waals surface area contributed by atoms with E-state index in [-0.39, 0.29) is 5.69 Å². The van der Waals surface area contributed by atoms with E-state index in [2.05, 4.69) is 5.10 Å². The average Bonchev–Trinajstić information content (AvgIpc) is 3.04. The summed E-state index contributed by atoms with van der Waals surface area (Å²) < 4.78 is 7.41. The third kappa shape index (κ3) is 3.99. The fourth-order valence-electron chi connectivity index (χ4n) is 3.38. The molecule has 0 saturated carbocycles. The summed E-state index contributed by atoms with van der Waals surface area (Å²) in [6.45, 7) is 4.19. The topological polar surface area (TPSA) is 64.4 Å². The largest absolute Gasteiger partial charge is 0.477 e. The van der Waals surface area contributed by atoms with Gasteiger partial charge in [-0.2, -0.15) is 5.10 Å². The van der Waals surface area contributed by atoms with Crippen LogP contribution >= 0.6 is 23.2 Å². The second-order valence-electron chi connectivity index (χ2n) is 7.09. The summed E-state index contributed by atoms with van der Waals surface area (Å²) in [5.74, 6) is 0.356. The Morgan fingerprint density at radius 3 is 2.30 bits per heavy atom. The maximum Gasteiger partial charge on any atom is 0.354 e. The van der Waals surface area contributed by atoms with E-state index in [9.17, 15) is 9.90 Å². The van der Waals surface area contributed by atoms with Gasteiger partial charge in [-0.25, -0.2) is 4.79 Å². The Labute approximate surface area is 183 Å². The second-order valence-corrected chi connectivity index (χ2v) is 7.90. The number of halogens is 2. The van der Waals surface area contributed by atoms with Crippen molar-refractivity contribution in [2.45, 2.75) is 20.4 Å². The van der Waals surface area contributed by atoms with Crippen molar-refractivity contribution < 1.29 is 14.6 Å². The van der Waals surface area contributed by atoms with Gasteiger partial charge in [0.1, 0.15) is 11.5 Å². The molecule has 5 nitrogen and oxygen atoms in total. The fourth-order valence-corrected chi connectivity index (χ4v) is 3.66. The maximum atomic E-state index is 11.8. The minimum Gasteiger partial charge on any atom is -0.477 e. The lowest BCUT2D eigenvalue weighted by Crippen LogP contribution is -2.11. The second kappa shape index (κ2) is 8.01. The van der Waals surface area contributed by atoms with E-state index in [4.69, 9.17) is 27.9 Å². The molecule has 3 aromatic carbocycles. The van der Waals surface area contributed by atoms with Crippen LogP contribution in [-0.2, 0) is 6.54 Å². The quantitative estimate of drug-likeness (QED) is 0.384. The molecular formula is C23H18Cl2N2O3. The highest BCUT2D eigenvalue weighted by atomic mass is 35.5. The zero-order valence-corrected chi connectivity index (χ0v) is 17.8. The highest BCUT2D eigenvalue weighted by Crippen LogP contribution is 2.29. The van der Waals surface area contributed by atoms with Gasteiger partial charge in [0.25, 0.3) is 0 Å². The molecule has 0 unspecified atom stereocenters. The van der Waals surface area contributed by atoms with Crippen LogP contribution in [0.1, 0.15) is 27.2 Å². The van der Waals surface area contributed by atoms with Crippen molar-refractivity contribution in [3.63, 3.8) is 0 Å². The number of carboxylic acids is 1. The molecule has 1 N–H and O–H groups in total. The smallest absolute Gasteiger partial charge is 0.354 e. The molecule has 30 heavy (non-hydrogen) atoms. The normalized spacial score (nSPS) is 11.1. The van der Waals surface area contributed by atoms with Crippen LogP contribution < -0.4 is 4.74 Å². The molecule has 4 aromatic rings. The fraction of sp³-hybridized carbons (Fsp3) is 0.130. The van der Waals surface area contributed by atoms with Gasteiger partial charge in [-0.3, -0.25) is 4.68 Å². The number of aromatic carboxylic acids is 1. The number of hydrogen-bond acceptors (Lipinski definition) is 3. The highest BCUT2D eigenvalue weighted by molar-refractivity contribution is 6.32. The van der Waals surface area contributed by atoms with Gasteiger partial charge < -0.3 is 9.84 Å². The lowest BCUT2D eigenvalue weighted by atomic mass is 10.1. The van der Waals surface area contributed by atoms with Crippen molar-refractivity contribution >= 4 is 40.1 Å². The van der Waals surface area contributed by atoms with Crippen molar-refractivity contribution in [2.75, 3.05) is 0 Å². The lowest BCUT2D eigenvalue weighted by molar-refractivity contribution is 0.0686. The van der Waals surface area contributed by atoms with E-state index >= 15 is 0 Å². The van der Waals surface area contributed by atoms with Gasteiger partial charge in [0.15, 0.2) is 5.69 Å². The van der Waals surface area contributed by atoms with Crippen LogP contribution in [0.15, 0.2) is 54.6 Å². The van der Waals surface area contributed by atoms with Crippen molar-refractivity contribution in [2.24, 2.45) is 0 Å². The van der Waals surface area contributed by atoms with Gasteiger partial charge >= 0.3 is 5.97 Å². The van der Waals surface area contributed by atoms with E-state index in [0.29, 0.717) is 34.0 Å². The minimum absolute atomic E-state index is 0.133. The van der Waals surface area contributed by atoms with Crippen LogP contribution in [0.4, 0.5) is 0 Å². The molecule has 4 rings (SSSR count). The summed E-state index contributed by atoms with van der Waals surface area (Å²) in [4.78, 5) is 11.8. The molecule has 152 valence electrons. The zero-order chi connectivity index (χ0) is 21.4. The SMILES string of the molecule is Cc1cc(Oc2ccc(Cn3nc4cc(Cl)ccc4c3C(=O)O)cc2)cc(C)c1Cl. The summed E-state index contributed by atoms with van der Waals surface area (Å²) in [6.07, 6.45) is 0. The molecule has 0 aliphatic heterocycles. The van der Waals surface area contributed by atoms with Crippen LogP contribution in [0.3, 0.4) is 0 Å². The number of nitrogens with zero attached hydrogens (tertiary/aromatic N) is 2. The number of fused-ring (bicyclic) bond motifs is 1. The lowest BCUT2D eigenvalue weighted by Gasteiger charge is -2.10. The summed E-state index contributed by atoms with van der Waals surface area (Å²) >= 11 is 12.2. The van der Waals surface area contributed by atoms with Gasteiger partial charge in [0.05, 0.1) is 12.1 Å². The molecule has 0 spiro atoms. The first-order chi connectivity index (χ1) is 14.3. The van der Waals surface area contributed by atoms with E-state index < -0.39 is 5.97 Å². The monoisotopic (exact) mass is 440 g/mol. The summed E-state index contributed by atoms with van der Waals surface area (Å²) in [5, 5.41) is 15.9. The van der Waals surface area contributed by atoms with E-state index in [1.165, 1.54) is 4.68 Å². The Morgan fingerprint density at radius 1 is 1.00 bits per heavy atom. The van der Waals surface area contributed by atoms with Crippen LogP contribution in [0.25, 0.3) is 10.9 Å². The molecule has 0 amide bonds. The van der Waals surface area contributed by atoms with Crippen molar-refractivity contribution in [3.05, 3.63) is 87.0 Å². The standard InChI is InChI=1S/C23H18Cl2N2O3/c1-13-9-18(10-14(2)21(13)25)30-17-6-3-15(4-7-17)12-27-22(23(28)29)19-8-5-16(24)11-20(19)26-27/h3-11H,12H2,1-2H3,(H,28,29). The number of benzene rings is 3. The maximum absolute atomic E-state index is 11.8. The van der Waals surface area contributed by atoms with Crippen molar-refractivity contribution in [3.8, 4) is 11.5 Å². The highest BCUT2D eigenvalue weighted by Gasteiger charge is 2.18. The Kier molecular flexibility index (Phi) is 5.41. The van der Waals surface area contributed by atoms with Gasteiger partial charge in [-0.05, 0) is 73.0 Å². The molecule has 0 atom stereocenters. The average molecular weight is 441 g/mol. The van der Waals surface area contributed by atoms with E-state index in [1.807, 2.05) is 50.2 Å². The third-order valence-electron chi connectivity index (χ3n) is 4.81. The summed E-state index contributed by atoms with van der Waals surface area (Å²) in [5.41, 5.74) is 3.49. The van der Waals surface area contributed by atoms with Gasteiger partial charge in [0.2, 0.25) is 0 Å². The molecule has 1 heterocycles. The van der Waals surface area contributed by atoms with E-state index in [0.717, 1.165) is 21.7 Å². The molecule has 0 aliphatic carbocycles. The van der Waals surface area contributed by atoms with Gasteiger partial charge in [0, 0.05) is 15.4 Å². The van der Waals surface area contributed by atoms with Crippen molar-refractivity contribution in [1.29, 1.82) is 0 Å². The molecule has 1 aromatic heterocycles. The van der Waals surface area contributed by atoms with E-state index in [1.54, 1.807) is 18.2 Å². The molecule has 0 fully saturated rings. The molecular weight excluding hydrogens is 423 g/mol. The Balaban J connectivity index is 1.58. The predicted octanol–water partition coefficient (Wildman–Crippen LogP) is 6.50. The number of aromatic nitrogens is 2. The number of aryl methyl sites for hydroxylation is 2. The molecule has 0 aliphatic rings. The first kappa shape index (κ1) is 20.3. The summed E-state index contributed by atoms with van der Waals surface area (Å²) in [7, 11) is 0. The molecule has 7 heteroatoms. The van der Waals surface area contributed by atoms with Crippen molar-refractivity contribution in [1.82, 2.24) is 9.78 Å². The minimum atomic E-state index is -1.03. The molecule has 0 bridgehead atoms. The third-order valence-corrected chi connectivity index (χ3v) is 5.64. The van der Waals surface area contributed by atoms with Crippen LogP contribution in [0.2, 0.25) is 10.0 Å². The Hall–Kier alpha value is -3.02. The number of hydrogen-bond donors (Lipinski definition) is 1. The number of carbonyl (C=O) groups is 1. The van der Waals surface area contributed by atoms with Crippen LogP contribution in [0, 0.1) is 13.8 Å². The molecule has 0 radical (unpaired) electrons. The number of ether oxygens (including phenoxy) is 1. The van der Waals surface area contributed by atoms with Crippen LogP contribution in [0.5, 0.6) is 11.5 Å². The first-order valence-electron chi connectivity index (χ1n) is 9.25. The zero-order valence-electron chi connectivity index (χ0n) is 16.3. The Bertz CT molecular complexity index is 1240. The summed E-state index contributed by atoms with van der Waals surface area (Å²) in [6, 6.07) is 16.2. The Morgan fingerprint density at radius 2 is 1.67 bits per heavy atom. The predicted molar refractivity (Wildman–Crippen MR) is 118 cm³/mol. The molecule has 0 saturated heterocycles. The van der Waals surface area contributed by atoms with Gasteiger partial charge in [-0.1, -0.05) is 35.3 Å². The van der Waals surface area contributed by atoms with Gasteiger partial charge in [-0.15, -0.1) is 0 Å². The van der Waals surface area contributed by atoms with Crippen LogP contribution in [-0.4, -0.2) is 20.9 Å².